The first-order valence-electron chi connectivity index (χ1n) is 8.39. The lowest BCUT2D eigenvalue weighted by atomic mass is 10.2. The zero-order valence-corrected chi connectivity index (χ0v) is 17.8. The summed E-state index contributed by atoms with van der Waals surface area (Å²) >= 11 is 9.19. The first-order chi connectivity index (χ1) is 13.6. The van der Waals surface area contributed by atoms with Gasteiger partial charge in [0.2, 0.25) is 0 Å². The van der Waals surface area contributed by atoms with E-state index in [1.165, 1.54) is 11.3 Å². The average molecular weight is 435 g/mol. The van der Waals surface area contributed by atoms with Crippen molar-refractivity contribution in [2.75, 3.05) is 19.5 Å². The number of carbonyl (C=O) groups excluding carboxylic acids is 1. The van der Waals surface area contributed by atoms with Gasteiger partial charge in [-0.05, 0) is 29.8 Å². The number of benzene rings is 2. The van der Waals surface area contributed by atoms with Gasteiger partial charge in [-0.3, -0.25) is 10.1 Å². The van der Waals surface area contributed by atoms with E-state index < -0.39 is 0 Å². The molecule has 5 nitrogen and oxygen atoms in total. The molecule has 1 amide bonds. The molecule has 8 heteroatoms. The van der Waals surface area contributed by atoms with Crippen molar-refractivity contribution in [2.24, 2.45) is 0 Å². The number of nitrogens with one attached hydrogen (secondary N) is 1. The number of ether oxygens (including phenoxy) is 2. The molecule has 146 valence electrons. The Morgan fingerprint density at radius 1 is 1.14 bits per heavy atom. The van der Waals surface area contributed by atoms with Crippen LogP contribution < -0.4 is 14.8 Å². The van der Waals surface area contributed by atoms with Crippen LogP contribution in [0.25, 0.3) is 0 Å². The van der Waals surface area contributed by atoms with Crippen molar-refractivity contribution >= 4 is 45.7 Å². The van der Waals surface area contributed by atoms with Gasteiger partial charge in [0.25, 0.3) is 5.91 Å². The Balaban J connectivity index is 1.55. The van der Waals surface area contributed by atoms with Crippen LogP contribution in [0.5, 0.6) is 11.5 Å². The summed E-state index contributed by atoms with van der Waals surface area (Å²) in [7, 11) is 3.28. The number of hydrogen-bond acceptors (Lipinski definition) is 6. The maximum atomic E-state index is 12.3. The molecule has 1 heterocycles. The van der Waals surface area contributed by atoms with Gasteiger partial charge in [0.15, 0.2) is 5.13 Å². The molecule has 3 aromatic rings. The largest absolute Gasteiger partial charge is 0.497 e. The third-order valence-electron chi connectivity index (χ3n) is 3.82. The highest BCUT2D eigenvalue weighted by Gasteiger charge is 2.12. The van der Waals surface area contributed by atoms with Gasteiger partial charge in [0.05, 0.1) is 30.5 Å². The molecule has 0 saturated carbocycles. The van der Waals surface area contributed by atoms with Crippen molar-refractivity contribution in [1.82, 2.24) is 4.98 Å². The standard InChI is InChI=1S/C20H19ClN2O3S2/c1-25-15-7-13(8-16(9-15)26-2)10-27-11-14-12-28-20(22-14)23-19(24)17-5-3-4-6-18(17)21/h3-9,12H,10-11H2,1-2H3,(H,22,23,24). The molecule has 0 unspecified atom stereocenters. The Bertz CT molecular complexity index is 940. The fraction of sp³-hybridized carbons (Fsp3) is 0.200. The molecule has 0 radical (unpaired) electrons. The van der Waals surface area contributed by atoms with Crippen molar-refractivity contribution in [1.29, 1.82) is 0 Å². The number of aromatic nitrogens is 1. The van der Waals surface area contributed by atoms with Gasteiger partial charge in [-0.2, -0.15) is 11.8 Å². The van der Waals surface area contributed by atoms with Gasteiger partial charge >= 0.3 is 0 Å². The van der Waals surface area contributed by atoms with Crippen LogP contribution in [0, 0.1) is 0 Å². The maximum Gasteiger partial charge on any atom is 0.258 e. The highest BCUT2D eigenvalue weighted by Crippen LogP contribution is 2.27. The molecule has 0 spiro atoms. The quantitative estimate of drug-likeness (QED) is 0.507. The van der Waals surface area contributed by atoms with Crippen LogP contribution in [0.3, 0.4) is 0 Å². The highest BCUT2D eigenvalue weighted by molar-refractivity contribution is 7.97. The SMILES string of the molecule is COc1cc(CSCc2csc(NC(=O)c3ccccc3Cl)n2)cc(OC)c1. The van der Waals surface area contributed by atoms with Crippen LogP contribution in [-0.2, 0) is 11.5 Å². The summed E-state index contributed by atoms with van der Waals surface area (Å²) in [4.78, 5) is 16.8. The van der Waals surface area contributed by atoms with E-state index in [0.29, 0.717) is 15.7 Å². The Morgan fingerprint density at radius 2 is 1.86 bits per heavy atom. The van der Waals surface area contributed by atoms with E-state index in [1.807, 2.05) is 23.6 Å². The fourth-order valence-electron chi connectivity index (χ4n) is 2.46. The molecule has 1 N–H and O–H groups in total. The molecule has 0 aliphatic carbocycles. The molecule has 28 heavy (non-hydrogen) atoms. The molecule has 1 aromatic heterocycles. The van der Waals surface area contributed by atoms with Crippen molar-refractivity contribution in [3.63, 3.8) is 0 Å². The van der Waals surface area contributed by atoms with Crippen LogP contribution in [0.2, 0.25) is 5.02 Å². The summed E-state index contributed by atoms with van der Waals surface area (Å²) in [5, 5.41) is 5.72. The lowest BCUT2D eigenvalue weighted by molar-refractivity contribution is 0.102. The molecule has 2 aromatic carbocycles. The number of anilines is 1. The number of rotatable bonds is 8. The predicted octanol–water partition coefficient (Wildman–Crippen LogP) is 5.50. The molecular formula is C20H19ClN2O3S2. The van der Waals surface area contributed by atoms with Gasteiger partial charge in [0.1, 0.15) is 11.5 Å². The summed E-state index contributed by atoms with van der Waals surface area (Å²) in [6.07, 6.45) is 0. The van der Waals surface area contributed by atoms with E-state index in [2.05, 4.69) is 10.3 Å². The van der Waals surface area contributed by atoms with Crippen molar-refractivity contribution in [3.05, 3.63) is 69.7 Å². The minimum Gasteiger partial charge on any atom is -0.497 e. The Labute approximate surface area is 177 Å². The number of amides is 1. The van der Waals surface area contributed by atoms with E-state index in [-0.39, 0.29) is 5.91 Å². The average Bonchev–Trinajstić information content (AvgIpc) is 3.15. The second kappa shape index (κ2) is 9.82. The number of nitrogens with zero attached hydrogens (tertiary/aromatic N) is 1. The minimum atomic E-state index is -0.261. The smallest absolute Gasteiger partial charge is 0.258 e. The van der Waals surface area contributed by atoms with Gasteiger partial charge in [0, 0.05) is 23.0 Å². The zero-order valence-electron chi connectivity index (χ0n) is 15.4. The summed E-state index contributed by atoms with van der Waals surface area (Å²) in [5.74, 6) is 2.81. The summed E-state index contributed by atoms with van der Waals surface area (Å²) in [6, 6.07) is 12.8. The number of hydrogen-bond donors (Lipinski definition) is 1. The molecule has 3 rings (SSSR count). The summed E-state index contributed by atoms with van der Waals surface area (Å²) < 4.78 is 10.6. The van der Waals surface area contributed by atoms with Gasteiger partial charge in [-0.25, -0.2) is 4.98 Å². The molecule has 0 aliphatic rings. The molecule has 0 bridgehead atoms. The lowest BCUT2D eigenvalue weighted by Gasteiger charge is -2.08. The van der Waals surface area contributed by atoms with Crippen LogP contribution in [0.15, 0.2) is 47.8 Å². The molecule has 0 saturated heterocycles. The van der Waals surface area contributed by atoms with Crippen molar-refractivity contribution in [3.8, 4) is 11.5 Å². The number of thioether (sulfide) groups is 1. The predicted molar refractivity (Wildman–Crippen MR) is 116 cm³/mol. The summed E-state index contributed by atoms with van der Waals surface area (Å²) in [6.45, 7) is 0. The van der Waals surface area contributed by atoms with Crippen molar-refractivity contribution in [2.45, 2.75) is 11.5 Å². The Morgan fingerprint density at radius 3 is 2.54 bits per heavy atom. The van der Waals surface area contributed by atoms with Crippen LogP contribution in [-0.4, -0.2) is 25.1 Å². The van der Waals surface area contributed by atoms with E-state index in [9.17, 15) is 4.79 Å². The molecule has 0 atom stereocenters. The Kier molecular flexibility index (Phi) is 7.19. The molecule has 0 fully saturated rings. The highest BCUT2D eigenvalue weighted by atomic mass is 35.5. The lowest BCUT2D eigenvalue weighted by Crippen LogP contribution is -2.12. The van der Waals surface area contributed by atoms with Gasteiger partial charge < -0.3 is 9.47 Å². The Hall–Kier alpha value is -2.22. The monoisotopic (exact) mass is 434 g/mol. The van der Waals surface area contributed by atoms with E-state index in [1.54, 1.807) is 50.2 Å². The first kappa shape index (κ1) is 20.5. The van der Waals surface area contributed by atoms with Crippen molar-refractivity contribution < 1.29 is 14.3 Å². The topological polar surface area (TPSA) is 60.5 Å². The number of thiazole rings is 1. The van der Waals surface area contributed by atoms with E-state index in [4.69, 9.17) is 21.1 Å². The third-order valence-corrected chi connectivity index (χ3v) is 5.99. The van der Waals surface area contributed by atoms with Crippen LogP contribution in [0.1, 0.15) is 21.6 Å². The van der Waals surface area contributed by atoms with Crippen LogP contribution in [0.4, 0.5) is 5.13 Å². The number of carbonyl (C=O) groups is 1. The van der Waals surface area contributed by atoms with E-state index in [0.717, 1.165) is 34.3 Å². The maximum absolute atomic E-state index is 12.3. The number of methoxy groups -OCH3 is 2. The van der Waals surface area contributed by atoms with Gasteiger partial charge in [-0.15, -0.1) is 11.3 Å². The minimum absolute atomic E-state index is 0.261. The third kappa shape index (κ3) is 5.41. The fourth-order valence-corrected chi connectivity index (χ4v) is 4.36. The first-order valence-corrected chi connectivity index (χ1v) is 10.8. The molecule has 0 aliphatic heterocycles. The summed E-state index contributed by atoms with van der Waals surface area (Å²) in [5.41, 5.74) is 2.46. The van der Waals surface area contributed by atoms with E-state index >= 15 is 0 Å². The zero-order chi connectivity index (χ0) is 19.9. The normalized spacial score (nSPS) is 10.5. The molecular weight excluding hydrogens is 416 g/mol. The second-order valence-electron chi connectivity index (χ2n) is 5.79. The second-order valence-corrected chi connectivity index (χ2v) is 8.04. The van der Waals surface area contributed by atoms with Crippen LogP contribution >= 0.6 is 34.7 Å². The number of halogens is 1. The van der Waals surface area contributed by atoms with Gasteiger partial charge in [-0.1, -0.05) is 23.7 Å².